The molecule has 0 saturated carbocycles. The number of halogens is 1. The van der Waals surface area contributed by atoms with Crippen LogP contribution in [0.2, 0.25) is 5.02 Å². The van der Waals surface area contributed by atoms with E-state index in [2.05, 4.69) is 79.0 Å². The van der Waals surface area contributed by atoms with Crippen LogP contribution in [0.25, 0.3) is 0 Å². The molecule has 2 rings (SSSR count). The fourth-order valence-corrected chi connectivity index (χ4v) is 3.55. The molecule has 1 unspecified atom stereocenters. The van der Waals surface area contributed by atoms with Crippen molar-refractivity contribution < 1.29 is 0 Å². The Morgan fingerprint density at radius 1 is 1.29 bits per heavy atom. The zero-order valence-electron chi connectivity index (χ0n) is 20.8. The van der Waals surface area contributed by atoms with Gasteiger partial charge in [0.05, 0.1) is 0 Å². The highest BCUT2D eigenvalue weighted by molar-refractivity contribution is 6.31. The zero-order chi connectivity index (χ0) is 23.6. The number of hydrogen-bond donors (Lipinski definition) is 1. The van der Waals surface area contributed by atoms with Crippen LogP contribution in [0.1, 0.15) is 72.4 Å². The average molecular weight is 446 g/mol. The third kappa shape index (κ3) is 11.4. The monoisotopic (exact) mass is 445 g/mol. The van der Waals surface area contributed by atoms with E-state index in [1.807, 2.05) is 27.7 Å². The number of likely N-dealkylation sites (tertiary alicyclic amines) is 1. The van der Waals surface area contributed by atoms with E-state index in [1.165, 1.54) is 16.7 Å². The van der Waals surface area contributed by atoms with E-state index in [9.17, 15) is 0 Å². The first-order valence-corrected chi connectivity index (χ1v) is 12.1. The Hall–Kier alpha value is -1.84. The molecular formula is C27H44ClN3. The second-order valence-corrected chi connectivity index (χ2v) is 7.58. The molecule has 1 heterocycles. The first kappa shape index (κ1) is 29.2. The number of allylic oxidation sites excluding steroid dienone is 4. The van der Waals surface area contributed by atoms with Gasteiger partial charge in [-0.3, -0.25) is 0 Å². The minimum Gasteiger partial charge on any atom is -0.359 e. The van der Waals surface area contributed by atoms with E-state index in [-0.39, 0.29) is 0 Å². The van der Waals surface area contributed by atoms with Crippen LogP contribution in [0.4, 0.5) is 0 Å². The van der Waals surface area contributed by atoms with E-state index < -0.39 is 0 Å². The maximum absolute atomic E-state index is 6.33. The summed E-state index contributed by atoms with van der Waals surface area (Å²) in [4.78, 5) is 6.54. The molecule has 1 aromatic rings. The lowest BCUT2D eigenvalue weighted by Crippen LogP contribution is -2.33. The van der Waals surface area contributed by atoms with Crippen molar-refractivity contribution in [2.24, 2.45) is 4.99 Å². The molecule has 0 radical (unpaired) electrons. The lowest BCUT2D eigenvalue weighted by atomic mass is 10.1. The maximum atomic E-state index is 6.33. The van der Waals surface area contributed by atoms with Gasteiger partial charge in [-0.1, -0.05) is 81.8 Å². The summed E-state index contributed by atoms with van der Waals surface area (Å²) in [6.45, 7) is 20.9. The Morgan fingerprint density at radius 3 is 2.48 bits per heavy atom. The molecule has 0 amide bonds. The van der Waals surface area contributed by atoms with Gasteiger partial charge in [0.2, 0.25) is 0 Å². The number of nitrogens with zero attached hydrogens (tertiary/aromatic N) is 2. The van der Waals surface area contributed by atoms with Gasteiger partial charge < -0.3 is 10.2 Å². The quantitative estimate of drug-likeness (QED) is 0.266. The summed E-state index contributed by atoms with van der Waals surface area (Å²) in [5.74, 6) is 1.04. The summed E-state index contributed by atoms with van der Waals surface area (Å²) in [6.07, 6.45) is 11.2. The van der Waals surface area contributed by atoms with E-state index in [4.69, 9.17) is 11.6 Å². The van der Waals surface area contributed by atoms with Crippen molar-refractivity contribution in [1.82, 2.24) is 10.2 Å². The van der Waals surface area contributed by atoms with Crippen molar-refractivity contribution in [2.75, 3.05) is 13.1 Å². The highest BCUT2D eigenvalue weighted by Crippen LogP contribution is 2.19. The predicted octanol–water partition coefficient (Wildman–Crippen LogP) is 7.57. The second-order valence-electron chi connectivity index (χ2n) is 7.17. The lowest BCUT2D eigenvalue weighted by molar-refractivity contribution is 0.474. The summed E-state index contributed by atoms with van der Waals surface area (Å²) in [6, 6.07) is 6.85. The number of aliphatic imine (C=N–C) groups is 1. The van der Waals surface area contributed by atoms with E-state index in [0.29, 0.717) is 6.04 Å². The van der Waals surface area contributed by atoms with Crippen LogP contribution >= 0.6 is 11.6 Å². The van der Waals surface area contributed by atoms with Crippen molar-refractivity contribution in [3.8, 4) is 0 Å². The Kier molecular flexibility index (Phi) is 16.7. The Morgan fingerprint density at radius 2 is 2.00 bits per heavy atom. The van der Waals surface area contributed by atoms with Crippen molar-refractivity contribution in [3.05, 3.63) is 70.9 Å². The van der Waals surface area contributed by atoms with Gasteiger partial charge in [-0.2, -0.15) is 0 Å². The van der Waals surface area contributed by atoms with Crippen LogP contribution in [0.15, 0.2) is 59.8 Å². The molecule has 1 aromatic carbocycles. The molecule has 4 heteroatoms. The molecule has 0 spiro atoms. The molecule has 1 saturated heterocycles. The number of aryl methyl sites for hydroxylation is 1. The molecule has 0 aromatic heterocycles. The molecule has 3 nitrogen and oxygen atoms in total. The normalized spacial score (nSPS) is 16.5. The van der Waals surface area contributed by atoms with E-state index in [1.54, 1.807) is 6.20 Å². The van der Waals surface area contributed by atoms with Crippen LogP contribution in [-0.4, -0.2) is 29.9 Å². The molecular weight excluding hydrogens is 402 g/mol. The molecule has 1 fully saturated rings. The summed E-state index contributed by atoms with van der Waals surface area (Å²) < 4.78 is 0. The fourth-order valence-electron chi connectivity index (χ4n) is 3.28. The van der Waals surface area contributed by atoms with Gasteiger partial charge in [0.15, 0.2) is 0 Å². The number of nitrogens with one attached hydrogen (secondary N) is 1. The van der Waals surface area contributed by atoms with Crippen LogP contribution in [0, 0.1) is 0 Å². The van der Waals surface area contributed by atoms with Gasteiger partial charge in [0, 0.05) is 36.9 Å². The first-order valence-electron chi connectivity index (χ1n) is 11.7. The smallest absolute Gasteiger partial charge is 0.101 e. The topological polar surface area (TPSA) is 27.6 Å². The molecule has 1 N–H and O–H groups in total. The van der Waals surface area contributed by atoms with Gasteiger partial charge in [-0.05, 0) is 57.2 Å². The largest absolute Gasteiger partial charge is 0.359 e. The second kappa shape index (κ2) is 17.8. The summed E-state index contributed by atoms with van der Waals surface area (Å²) in [5.41, 5.74) is 3.86. The highest BCUT2D eigenvalue weighted by Gasteiger charge is 2.22. The number of hydrogen-bond acceptors (Lipinski definition) is 2. The molecule has 1 atom stereocenters. The zero-order valence-corrected chi connectivity index (χ0v) is 21.6. The average Bonchev–Trinajstić information content (AvgIpc) is 3.28. The van der Waals surface area contributed by atoms with E-state index >= 15 is 0 Å². The van der Waals surface area contributed by atoms with Gasteiger partial charge in [0.1, 0.15) is 5.84 Å². The van der Waals surface area contributed by atoms with Crippen LogP contribution in [-0.2, 0) is 13.0 Å². The SMILES string of the molecule is C/C=C\C(=C\C)CC.C=CN=C(C)N1CCC(NCc2ccc(CC)cc2Cl)C1.CC. The van der Waals surface area contributed by atoms with Crippen LogP contribution < -0.4 is 5.32 Å². The summed E-state index contributed by atoms with van der Waals surface area (Å²) in [5, 5.41) is 4.46. The maximum Gasteiger partial charge on any atom is 0.101 e. The summed E-state index contributed by atoms with van der Waals surface area (Å²) >= 11 is 6.33. The first-order chi connectivity index (χ1) is 15.0. The lowest BCUT2D eigenvalue weighted by Gasteiger charge is -2.18. The van der Waals surface area contributed by atoms with Gasteiger partial charge in [0.25, 0.3) is 0 Å². The van der Waals surface area contributed by atoms with Crippen molar-refractivity contribution in [1.29, 1.82) is 0 Å². The molecule has 0 aliphatic carbocycles. The summed E-state index contributed by atoms with van der Waals surface area (Å²) in [7, 11) is 0. The predicted molar refractivity (Wildman–Crippen MR) is 141 cm³/mol. The van der Waals surface area contributed by atoms with Crippen molar-refractivity contribution in [2.45, 2.75) is 80.3 Å². The minimum absolute atomic E-state index is 0.488. The third-order valence-electron chi connectivity index (χ3n) is 5.19. The molecule has 31 heavy (non-hydrogen) atoms. The number of rotatable bonds is 7. The van der Waals surface area contributed by atoms with E-state index in [0.717, 1.165) is 49.8 Å². The van der Waals surface area contributed by atoms with Crippen molar-refractivity contribution >= 4 is 17.4 Å². The number of benzene rings is 1. The minimum atomic E-state index is 0.488. The molecule has 174 valence electrons. The standard InChI is InChI=1S/C17H24ClN3.C8H14.C2H6/c1-4-14-6-7-15(17(18)10-14)11-20-16-8-9-21(12-16)13(3)19-5-2;1-4-7-8(5-2)6-3;1-2/h5-7,10,16,20H,2,4,8-9,11-12H2,1,3H3;4-5,7H,6H2,1-3H3;1-2H3/b;7-4-,8-5+;. The van der Waals surface area contributed by atoms with Gasteiger partial charge in [-0.25, -0.2) is 4.99 Å². The van der Waals surface area contributed by atoms with Crippen molar-refractivity contribution in [3.63, 3.8) is 0 Å². The van der Waals surface area contributed by atoms with Crippen LogP contribution in [0.3, 0.4) is 0 Å². The van der Waals surface area contributed by atoms with Crippen LogP contribution in [0.5, 0.6) is 0 Å². The Balaban J connectivity index is 0.000000762. The molecule has 0 bridgehead atoms. The van der Waals surface area contributed by atoms with Gasteiger partial charge >= 0.3 is 0 Å². The Bertz CT molecular complexity index is 716. The highest BCUT2D eigenvalue weighted by atomic mass is 35.5. The fraction of sp³-hybridized carbons (Fsp3) is 0.519. The Labute approximate surface area is 197 Å². The van der Waals surface area contributed by atoms with Gasteiger partial charge in [-0.15, -0.1) is 0 Å². The molecule has 1 aliphatic rings. The molecule has 1 aliphatic heterocycles. The number of amidine groups is 1. The third-order valence-corrected chi connectivity index (χ3v) is 5.54.